The van der Waals surface area contributed by atoms with Crippen molar-refractivity contribution in [3.8, 4) is 5.75 Å². The van der Waals surface area contributed by atoms with E-state index >= 15 is 0 Å². The Morgan fingerprint density at radius 2 is 2.12 bits per heavy atom. The summed E-state index contributed by atoms with van der Waals surface area (Å²) in [5.74, 6) is 0.0442. The van der Waals surface area contributed by atoms with Crippen LogP contribution in [-0.4, -0.2) is 53.3 Å². The Kier molecular flexibility index (Phi) is 6.64. The summed E-state index contributed by atoms with van der Waals surface area (Å²) in [7, 11) is -2.15. The van der Waals surface area contributed by atoms with Gasteiger partial charge in [-0.2, -0.15) is 0 Å². The van der Waals surface area contributed by atoms with Crippen LogP contribution in [0.2, 0.25) is 0 Å². The van der Waals surface area contributed by atoms with Gasteiger partial charge in [0.1, 0.15) is 11.9 Å². The maximum absolute atomic E-state index is 12.3. The molecule has 1 aliphatic carbocycles. The molecular formula is C15H22ClN3O5S. The molecule has 2 aliphatic rings. The molecule has 1 aromatic carbocycles. The number of rotatable bonds is 6. The van der Waals surface area contributed by atoms with Gasteiger partial charge in [0.25, 0.3) is 5.91 Å². The predicted octanol–water partition coefficient (Wildman–Crippen LogP) is 0.485. The third-order valence-electron chi connectivity index (χ3n) is 3.86. The molecule has 0 spiro atoms. The quantitative estimate of drug-likeness (QED) is 0.651. The molecule has 1 heterocycles. The molecule has 0 radical (unpaired) electrons. The average Bonchev–Trinajstić information content (AvgIpc) is 3.39. The van der Waals surface area contributed by atoms with E-state index in [1.165, 1.54) is 25.3 Å². The van der Waals surface area contributed by atoms with Crippen molar-refractivity contribution < 1.29 is 22.7 Å². The number of carbonyl (C=O) groups is 1. The van der Waals surface area contributed by atoms with Crippen LogP contribution in [0.3, 0.4) is 0 Å². The minimum atomic E-state index is -3.61. The first-order valence-corrected chi connectivity index (χ1v) is 9.31. The molecule has 3 rings (SSSR count). The highest BCUT2D eigenvalue weighted by Gasteiger charge is 2.29. The lowest BCUT2D eigenvalue weighted by Crippen LogP contribution is -2.45. The molecule has 25 heavy (non-hydrogen) atoms. The van der Waals surface area contributed by atoms with Crippen molar-refractivity contribution in [1.82, 2.24) is 10.0 Å². The van der Waals surface area contributed by atoms with E-state index in [9.17, 15) is 13.2 Å². The predicted molar refractivity (Wildman–Crippen MR) is 94.8 cm³/mol. The van der Waals surface area contributed by atoms with E-state index in [1.807, 2.05) is 0 Å². The van der Waals surface area contributed by atoms with Gasteiger partial charge in [-0.05, 0) is 31.0 Å². The minimum absolute atomic E-state index is 0. The lowest BCUT2D eigenvalue weighted by Gasteiger charge is -2.23. The van der Waals surface area contributed by atoms with Gasteiger partial charge in [0.15, 0.2) is 0 Å². The Bertz CT molecular complexity index is 718. The summed E-state index contributed by atoms with van der Waals surface area (Å²) >= 11 is 0. The molecule has 1 aliphatic heterocycles. The fourth-order valence-corrected chi connectivity index (χ4v) is 3.72. The third kappa shape index (κ3) is 5.05. The highest BCUT2D eigenvalue weighted by Crippen LogP contribution is 2.29. The standard InChI is InChI=1S/C15H21N3O5S.ClH/c1-22-13-5-4-11(24(20,21)18-10-2-3-10)8-12(13)17-15(19)14-9-16-6-7-23-14;/h4-5,8,10,14,16,18H,2-3,6-7,9H2,1H3,(H,17,19);1H/t14-;/m1./s1. The van der Waals surface area contributed by atoms with Crippen molar-refractivity contribution in [2.24, 2.45) is 0 Å². The molecule has 8 nitrogen and oxygen atoms in total. The summed E-state index contributed by atoms with van der Waals surface area (Å²) in [6, 6.07) is 4.39. The number of carbonyl (C=O) groups excluding carboxylic acids is 1. The number of amides is 1. The molecule has 0 aromatic heterocycles. The summed E-state index contributed by atoms with van der Waals surface area (Å²) < 4.78 is 37.9. The first kappa shape index (κ1) is 19.9. The summed E-state index contributed by atoms with van der Waals surface area (Å²) in [4.78, 5) is 12.4. The Balaban J connectivity index is 0.00000225. The van der Waals surface area contributed by atoms with Gasteiger partial charge in [-0.1, -0.05) is 0 Å². The van der Waals surface area contributed by atoms with Gasteiger partial charge >= 0.3 is 0 Å². The number of sulfonamides is 1. The van der Waals surface area contributed by atoms with Crippen LogP contribution in [0.1, 0.15) is 12.8 Å². The number of ether oxygens (including phenoxy) is 2. The molecule has 140 valence electrons. The van der Waals surface area contributed by atoms with E-state index in [1.54, 1.807) is 0 Å². The third-order valence-corrected chi connectivity index (χ3v) is 5.38. The first-order chi connectivity index (χ1) is 11.5. The smallest absolute Gasteiger partial charge is 0.254 e. The van der Waals surface area contributed by atoms with Crippen LogP contribution in [0.4, 0.5) is 5.69 Å². The van der Waals surface area contributed by atoms with Crippen LogP contribution in [0.5, 0.6) is 5.75 Å². The number of hydrogen-bond acceptors (Lipinski definition) is 6. The number of halogens is 1. The topological polar surface area (TPSA) is 106 Å². The van der Waals surface area contributed by atoms with E-state index in [-0.39, 0.29) is 29.3 Å². The Morgan fingerprint density at radius 3 is 2.72 bits per heavy atom. The van der Waals surface area contributed by atoms with Gasteiger partial charge < -0.3 is 20.1 Å². The van der Waals surface area contributed by atoms with Crippen LogP contribution in [0, 0.1) is 0 Å². The van der Waals surface area contributed by atoms with Crippen molar-refractivity contribution in [2.75, 3.05) is 32.1 Å². The van der Waals surface area contributed by atoms with Crippen LogP contribution < -0.4 is 20.1 Å². The van der Waals surface area contributed by atoms with Gasteiger partial charge in [0, 0.05) is 19.1 Å². The number of methoxy groups -OCH3 is 1. The second-order valence-corrected chi connectivity index (χ2v) is 7.52. The van der Waals surface area contributed by atoms with Crippen molar-refractivity contribution in [3.63, 3.8) is 0 Å². The highest BCUT2D eigenvalue weighted by atomic mass is 35.5. The zero-order valence-electron chi connectivity index (χ0n) is 13.8. The molecule has 0 bridgehead atoms. The van der Waals surface area contributed by atoms with E-state index < -0.39 is 16.1 Å². The zero-order valence-corrected chi connectivity index (χ0v) is 15.4. The van der Waals surface area contributed by atoms with Gasteiger partial charge in [-0.3, -0.25) is 4.79 Å². The van der Waals surface area contributed by atoms with Gasteiger partial charge in [0.2, 0.25) is 10.0 Å². The van der Waals surface area contributed by atoms with Crippen molar-refractivity contribution in [2.45, 2.75) is 29.9 Å². The molecule has 1 amide bonds. The largest absolute Gasteiger partial charge is 0.495 e. The number of hydrogen-bond donors (Lipinski definition) is 3. The first-order valence-electron chi connectivity index (χ1n) is 7.83. The number of benzene rings is 1. The van der Waals surface area contributed by atoms with E-state index in [2.05, 4.69) is 15.4 Å². The SMILES string of the molecule is COc1ccc(S(=O)(=O)NC2CC2)cc1NC(=O)[C@H]1CNCCO1.Cl. The summed E-state index contributed by atoms with van der Waals surface area (Å²) in [5, 5.41) is 5.76. The summed E-state index contributed by atoms with van der Waals surface area (Å²) in [5.41, 5.74) is 0.301. The molecule has 10 heteroatoms. The van der Waals surface area contributed by atoms with Crippen molar-refractivity contribution in [3.05, 3.63) is 18.2 Å². The molecule has 1 atom stereocenters. The monoisotopic (exact) mass is 391 g/mol. The summed E-state index contributed by atoms with van der Waals surface area (Å²) in [6.07, 6.45) is 1.09. The fraction of sp³-hybridized carbons (Fsp3) is 0.533. The van der Waals surface area contributed by atoms with Crippen LogP contribution >= 0.6 is 12.4 Å². The molecule has 3 N–H and O–H groups in total. The molecule has 1 aromatic rings. The highest BCUT2D eigenvalue weighted by molar-refractivity contribution is 7.89. The van der Waals surface area contributed by atoms with Crippen LogP contribution in [0.15, 0.2) is 23.1 Å². The van der Waals surface area contributed by atoms with E-state index in [0.717, 1.165) is 12.8 Å². The molecule has 1 saturated heterocycles. The second-order valence-electron chi connectivity index (χ2n) is 5.81. The Hall–Kier alpha value is -1.39. The average molecular weight is 392 g/mol. The van der Waals surface area contributed by atoms with E-state index in [4.69, 9.17) is 9.47 Å². The van der Waals surface area contributed by atoms with Crippen LogP contribution in [-0.2, 0) is 19.6 Å². The maximum Gasteiger partial charge on any atom is 0.254 e. The second kappa shape index (κ2) is 8.33. The number of morpholine rings is 1. The molecule has 2 fully saturated rings. The molecular weight excluding hydrogens is 370 g/mol. The number of anilines is 1. The fourth-order valence-electron chi connectivity index (χ4n) is 2.39. The lowest BCUT2D eigenvalue weighted by atomic mass is 10.2. The summed E-state index contributed by atoms with van der Waals surface area (Å²) in [6.45, 7) is 1.57. The van der Waals surface area contributed by atoms with Gasteiger partial charge in [-0.15, -0.1) is 12.4 Å². The van der Waals surface area contributed by atoms with Crippen molar-refractivity contribution in [1.29, 1.82) is 0 Å². The molecule has 1 saturated carbocycles. The van der Waals surface area contributed by atoms with E-state index in [0.29, 0.717) is 31.1 Å². The molecule has 0 unspecified atom stereocenters. The zero-order chi connectivity index (χ0) is 17.2. The van der Waals surface area contributed by atoms with Crippen LogP contribution in [0.25, 0.3) is 0 Å². The number of nitrogens with one attached hydrogen (secondary N) is 3. The Labute approximate surface area is 153 Å². The van der Waals surface area contributed by atoms with Crippen molar-refractivity contribution >= 4 is 34.0 Å². The van der Waals surface area contributed by atoms with Gasteiger partial charge in [0.05, 0.1) is 24.3 Å². The normalized spacial score (nSPS) is 20.4. The minimum Gasteiger partial charge on any atom is -0.495 e. The maximum atomic E-state index is 12.3. The lowest BCUT2D eigenvalue weighted by molar-refractivity contribution is -0.128. The Morgan fingerprint density at radius 1 is 1.36 bits per heavy atom. The van der Waals surface area contributed by atoms with Gasteiger partial charge in [-0.25, -0.2) is 13.1 Å².